The summed E-state index contributed by atoms with van der Waals surface area (Å²) in [6.45, 7) is 2.17. The van der Waals surface area contributed by atoms with E-state index in [1.165, 1.54) is 16.6 Å². The van der Waals surface area contributed by atoms with E-state index in [4.69, 9.17) is 5.26 Å². The minimum atomic E-state index is -0.513. The molecule has 148 valence electrons. The Morgan fingerprint density at radius 3 is 2.79 bits per heavy atom. The van der Waals surface area contributed by atoms with Crippen LogP contribution in [0.5, 0.6) is 0 Å². The first-order valence-electron chi connectivity index (χ1n) is 8.74. The number of para-hydroxylation sites is 1. The topological polar surface area (TPSA) is 105 Å². The lowest BCUT2D eigenvalue weighted by molar-refractivity contribution is -0.140. The lowest BCUT2D eigenvalue weighted by Gasteiger charge is -2.21. The molecule has 2 rings (SSSR count). The van der Waals surface area contributed by atoms with Gasteiger partial charge in [-0.3, -0.25) is 19.0 Å². The molecule has 0 aliphatic carbocycles. The molecule has 2 aromatic rings. The van der Waals surface area contributed by atoms with Crippen molar-refractivity contribution in [3.63, 3.8) is 0 Å². The molecule has 0 saturated carbocycles. The van der Waals surface area contributed by atoms with Gasteiger partial charge >= 0.3 is 5.97 Å². The van der Waals surface area contributed by atoms with Gasteiger partial charge < -0.3 is 9.64 Å². The molecule has 0 bridgehead atoms. The fourth-order valence-electron chi connectivity index (χ4n) is 2.59. The van der Waals surface area contributed by atoms with Gasteiger partial charge in [0.15, 0.2) is 5.16 Å². The van der Waals surface area contributed by atoms with E-state index in [0.29, 0.717) is 22.6 Å². The average molecular weight is 402 g/mol. The minimum Gasteiger partial charge on any atom is -0.469 e. The zero-order valence-corrected chi connectivity index (χ0v) is 16.9. The van der Waals surface area contributed by atoms with Crippen molar-refractivity contribution in [2.45, 2.75) is 36.7 Å². The van der Waals surface area contributed by atoms with Gasteiger partial charge in [0, 0.05) is 20.1 Å². The maximum absolute atomic E-state index is 12.9. The van der Waals surface area contributed by atoms with Crippen molar-refractivity contribution in [1.29, 1.82) is 5.26 Å². The highest BCUT2D eigenvalue weighted by atomic mass is 32.2. The number of hydrogen-bond donors (Lipinski definition) is 0. The van der Waals surface area contributed by atoms with Crippen LogP contribution in [0.25, 0.3) is 10.9 Å². The number of thioether (sulfide) groups is 1. The first-order chi connectivity index (χ1) is 13.4. The van der Waals surface area contributed by atoms with Gasteiger partial charge in [-0.15, -0.1) is 0 Å². The summed E-state index contributed by atoms with van der Waals surface area (Å²) >= 11 is 1.15. The van der Waals surface area contributed by atoms with E-state index in [0.717, 1.165) is 11.8 Å². The van der Waals surface area contributed by atoms with Gasteiger partial charge in [0.1, 0.15) is 0 Å². The zero-order valence-electron chi connectivity index (χ0n) is 16.0. The van der Waals surface area contributed by atoms with Crippen molar-refractivity contribution >= 4 is 34.5 Å². The Balaban J connectivity index is 2.35. The molecular formula is C19H22N4O4S. The Hall–Kier alpha value is -2.86. The average Bonchev–Trinajstić information content (AvgIpc) is 2.70. The molecule has 0 saturated heterocycles. The number of nitrogens with zero attached hydrogens (tertiary/aromatic N) is 4. The van der Waals surface area contributed by atoms with Gasteiger partial charge in [0.25, 0.3) is 5.56 Å². The number of methoxy groups -OCH3 is 1. The molecular weight excluding hydrogens is 380 g/mol. The Morgan fingerprint density at radius 2 is 2.11 bits per heavy atom. The molecule has 1 aromatic heterocycles. The van der Waals surface area contributed by atoms with Gasteiger partial charge in [-0.1, -0.05) is 23.9 Å². The second-order valence-electron chi connectivity index (χ2n) is 6.12. The summed E-state index contributed by atoms with van der Waals surface area (Å²) in [5.74, 6) is -0.599. The molecule has 0 N–H and O–H groups in total. The fourth-order valence-corrected chi connectivity index (χ4v) is 3.64. The Labute approximate surface area is 167 Å². The van der Waals surface area contributed by atoms with Crippen LogP contribution >= 0.6 is 11.8 Å². The van der Waals surface area contributed by atoms with Crippen LogP contribution in [0.4, 0.5) is 0 Å². The zero-order chi connectivity index (χ0) is 20.7. The van der Waals surface area contributed by atoms with Gasteiger partial charge in [0.05, 0.1) is 42.2 Å². The minimum absolute atomic E-state index is 0.0222. The second-order valence-corrected chi connectivity index (χ2v) is 7.43. The fraction of sp³-hybridized carbons (Fsp3) is 0.421. The quantitative estimate of drug-likeness (QED) is 0.377. The van der Waals surface area contributed by atoms with Crippen molar-refractivity contribution in [3.8, 4) is 6.07 Å². The summed E-state index contributed by atoms with van der Waals surface area (Å²) in [4.78, 5) is 43.0. The second kappa shape index (κ2) is 9.90. The molecule has 9 heteroatoms. The molecule has 1 heterocycles. The molecule has 0 spiro atoms. The van der Waals surface area contributed by atoms with Crippen LogP contribution < -0.4 is 5.56 Å². The molecule has 0 fully saturated rings. The predicted octanol–water partition coefficient (Wildman–Crippen LogP) is 1.81. The summed E-state index contributed by atoms with van der Waals surface area (Å²) in [7, 11) is 2.92. The standard InChI is InChI=1S/C19H22N4O4S/c1-13(17(25)22(2)11-6-10-20)28-19-21-15-8-5-4-7-14(15)18(26)23(19)12-9-16(24)27-3/h4-5,7-8,13H,6,9,11-12H2,1-3H3/t13-/m0/s1. The Morgan fingerprint density at radius 1 is 1.39 bits per heavy atom. The number of carbonyl (C=O) groups is 2. The summed E-state index contributed by atoms with van der Waals surface area (Å²) in [5.41, 5.74) is 0.260. The van der Waals surface area contributed by atoms with Gasteiger partial charge in [-0.25, -0.2) is 4.98 Å². The summed E-state index contributed by atoms with van der Waals surface area (Å²) in [6, 6.07) is 8.95. The molecule has 1 atom stereocenters. The van der Waals surface area contributed by atoms with E-state index in [-0.39, 0.29) is 30.9 Å². The third kappa shape index (κ3) is 5.10. The van der Waals surface area contributed by atoms with Crippen molar-refractivity contribution in [2.75, 3.05) is 20.7 Å². The third-order valence-corrected chi connectivity index (χ3v) is 5.24. The lowest BCUT2D eigenvalue weighted by Crippen LogP contribution is -2.34. The molecule has 0 aliphatic heterocycles. The van der Waals surface area contributed by atoms with Gasteiger partial charge in [0.2, 0.25) is 5.91 Å². The SMILES string of the molecule is COC(=O)CCn1c(S[C@@H](C)C(=O)N(C)CCC#N)nc2ccccc2c1=O. The number of rotatable bonds is 8. The summed E-state index contributed by atoms with van der Waals surface area (Å²) < 4.78 is 6.06. The van der Waals surface area contributed by atoms with Crippen LogP contribution in [0.15, 0.2) is 34.2 Å². The Kier molecular flexibility index (Phi) is 7.58. The van der Waals surface area contributed by atoms with E-state index < -0.39 is 11.2 Å². The number of fused-ring (bicyclic) bond motifs is 1. The van der Waals surface area contributed by atoms with E-state index in [1.54, 1.807) is 38.2 Å². The molecule has 0 aliphatic rings. The van der Waals surface area contributed by atoms with E-state index in [2.05, 4.69) is 9.72 Å². The van der Waals surface area contributed by atoms with Crippen LogP contribution in [0.1, 0.15) is 19.8 Å². The molecule has 0 unspecified atom stereocenters. The van der Waals surface area contributed by atoms with E-state index in [1.807, 2.05) is 6.07 Å². The summed E-state index contributed by atoms with van der Waals surface area (Å²) in [5, 5.41) is 8.98. The monoisotopic (exact) mass is 402 g/mol. The van der Waals surface area contributed by atoms with Crippen LogP contribution in [0.3, 0.4) is 0 Å². The van der Waals surface area contributed by atoms with Crippen LogP contribution in [0.2, 0.25) is 0 Å². The number of hydrogen-bond acceptors (Lipinski definition) is 7. The first-order valence-corrected chi connectivity index (χ1v) is 9.62. The smallest absolute Gasteiger partial charge is 0.307 e. The van der Waals surface area contributed by atoms with E-state index >= 15 is 0 Å². The Bertz CT molecular complexity index is 967. The highest BCUT2D eigenvalue weighted by molar-refractivity contribution is 8.00. The van der Waals surface area contributed by atoms with Crippen molar-refractivity contribution in [1.82, 2.24) is 14.5 Å². The molecule has 0 radical (unpaired) electrons. The first kappa shape index (κ1) is 21.4. The predicted molar refractivity (Wildman–Crippen MR) is 106 cm³/mol. The van der Waals surface area contributed by atoms with E-state index in [9.17, 15) is 14.4 Å². The van der Waals surface area contributed by atoms with Crippen LogP contribution in [-0.2, 0) is 20.9 Å². The molecule has 28 heavy (non-hydrogen) atoms. The lowest BCUT2D eigenvalue weighted by atomic mass is 10.2. The van der Waals surface area contributed by atoms with Gasteiger partial charge in [-0.05, 0) is 19.1 Å². The molecule has 1 amide bonds. The summed E-state index contributed by atoms with van der Waals surface area (Å²) in [6.07, 6.45) is 0.270. The third-order valence-electron chi connectivity index (χ3n) is 4.16. The number of esters is 1. The highest BCUT2D eigenvalue weighted by Gasteiger charge is 2.22. The maximum atomic E-state index is 12.9. The number of ether oxygens (including phenoxy) is 1. The number of nitriles is 1. The number of carbonyl (C=O) groups excluding carboxylic acids is 2. The van der Waals surface area contributed by atoms with Crippen LogP contribution in [0, 0.1) is 11.3 Å². The van der Waals surface area contributed by atoms with Crippen molar-refractivity contribution < 1.29 is 14.3 Å². The number of benzene rings is 1. The molecule has 8 nitrogen and oxygen atoms in total. The van der Waals surface area contributed by atoms with Gasteiger partial charge in [-0.2, -0.15) is 5.26 Å². The van der Waals surface area contributed by atoms with Crippen LogP contribution in [-0.4, -0.2) is 52.3 Å². The normalized spacial score (nSPS) is 11.6. The number of amides is 1. The molecule has 1 aromatic carbocycles. The number of aromatic nitrogens is 2. The van der Waals surface area contributed by atoms with Crippen molar-refractivity contribution in [3.05, 3.63) is 34.6 Å². The van der Waals surface area contributed by atoms with Crippen molar-refractivity contribution in [2.24, 2.45) is 0 Å². The maximum Gasteiger partial charge on any atom is 0.307 e. The largest absolute Gasteiger partial charge is 0.469 e. The highest BCUT2D eigenvalue weighted by Crippen LogP contribution is 2.24.